The van der Waals surface area contributed by atoms with Crippen molar-refractivity contribution in [2.75, 3.05) is 20.2 Å². The Labute approximate surface area is 207 Å². The van der Waals surface area contributed by atoms with E-state index in [9.17, 15) is 14.7 Å². The average Bonchev–Trinajstić information content (AvgIpc) is 3.14. The number of carbonyl (C=O) groups is 2. The van der Waals surface area contributed by atoms with Crippen LogP contribution in [0.15, 0.2) is 24.3 Å². The molecule has 0 radical (unpaired) electrons. The van der Waals surface area contributed by atoms with E-state index in [0.717, 1.165) is 40.2 Å². The van der Waals surface area contributed by atoms with Gasteiger partial charge in [0.2, 0.25) is 0 Å². The number of aliphatic hydroxyl groups is 1. The first kappa shape index (κ1) is 27.9. The fourth-order valence-electron chi connectivity index (χ4n) is 4.06. The maximum absolute atomic E-state index is 12.9. The summed E-state index contributed by atoms with van der Waals surface area (Å²) in [5, 5.41) is 19.4. The number of carboxylic acids is 1. The van der Waals surface area contributed by atoms with Crippen molar-refractivity contribution in [2.24, 2.45) is 5.41 Å². The molecule has 1 heterocycles. The second-order valence-electron chi connectivity index (χ2n) is 10.1. The third kappa shape index (κ3) is 5.99. The third-order valence-corrected chi connectivity index (χ3v) is 8.06. The first-order valence-corrected chi connectivity index (χ1v) is 12.6. The molecule has 188 valence electrons. The van der Waals surface area contributed by atoms with Crippen molar-refractivity contribution < 1.29 is 24.5 Å². The molecule has 0 aliphatic rings. The predicted molar refractivity (Wildman–Crippen MR) is 137 cm³/mol. The molecule has 1 atom stereocenters. The van der Waals surface area contributed by atoms with Gasteiger partial charge in [0.15, 0.2) is 0 Å². The number of hydrogen-bond acceptors (Lipinski definition) is 5. The van der Waals surface area contributed by atoms with Gasteiger partial charge < -0.3 is 19.8 Å². The molecule has 0 aliphatic heterocycles. The van der Waals surface area contributed by atoms with Crippen LogP contribution in [-0.4, -0.2) is 53.3 Å². The van der Waals surface area contributed by atoms with Crippen LogP contribution in [0.25, 0.3) is 0 Å². The largest absolute Gasteiger partial charge is 0.491 e. The van der Waals surface area contributed by atoms with Crippen LogP contribution in [-0.2, 0) is 10.2 Å². The van der Waals surface area contributed by atoms with Crippen LogP contribution in [0, 0.1) is 19.3 Å². The number of aryl methyl sites for hydroxylation is 2. The highest BCUT2D eigenvalue weighted by Crippen LogP contribution is 2.44. The van der Waals surface area contributed by atoms with Crippen LogP contribution in [0.3, 0.4) is 0 Å². The highest BCUT2D eigenvalue weighted by atomic mass is 32.1. The van der Waals surface area contributed by atoms with Crippen LogP contribution in [0.1, 0.15) is 78.7 Å². The highest BCUT2D eigenvalue weighted by Gasteiger charge is 2.34. The third-order valence-electron chi connectivity index (χ3n) is 6.63. The Kier molecular flexibility index (Phi) is 8.94. The summed E-state index contributed by atoms with van der Waals surface area (Å²) in [6.07, 6.45) is 1.13. The molecule has 2 aromatic rings. The summed E-state index contributed by atoms with van der Waals surface area (Å²) in [6.45, 7) is 14.1. The normalized spacial score (nSPS) is 13.0. The van der Waals surface area contributed by atoms with Gasteiger partial charge in [-0.25, -0.2) is 0 Å². The van der Waals surface area contributed by atoms with E-state index in [1.165, 1.54) is 23.3 Å². The molecule has 0 aliphatic carbocycles. The predicted octanol–water partition coefficient (Wildman–Crippen LogP) is 5.41. The molecule has 2 rings (SSSR count). The summed E-state index contributed by atoms with van der Waals surface area (Å²) < 4.78 is 5.93. The summed E-state index contributed by atoms with van der Waals surface area (Å²) in [4.78, 5) is 26.9. The van der Waals surface area contributed by atoms with Gasteiger partial charge in [0, 0.05) is 17.3 Å². The summed E-state index contributed by atoms with van der Waals surface area (Å²) in [5.41, 5.74) is 2.49. The summed E-state index contributed by atoms with van der Waals surface area (Å²) >= 11 is 1.45. The quantitative estimate of drug-likeness (QED) is 0.466. The van der Waals surface area contributed by atoms with E-state index in [1.54, 1.807) is 0 Å². The van der Waals surface area contributed by atoms with Gasteiger partial charge in [-0.2, -0.15) is 0 Å². The fraction of sp³-hybridized carbons (Fsp3) is 0.556. The van der Waals surface area contributed by atoms with Crippen molar-refractivity contribution in [1.82, 2.24) is 4.90 Å². The van der Waals surface area contributed by atoms with Crippen molar-refractivity contribution in [3.63, 3.8) is 0 Å². The van der Waals surface area contributed by atoms with Gasteiger partial charge in [-0.3, -0.25) is 9.59 Å². The van der Waals surface area contributed by atoms with Crippen LogP contribution in [0.5, 0.6) is 5.75 Å². The van der Waals surface area contributed by atoms with Gasteiger partial charge >= 0.3 is 5.97 Å². The Balaban J connectivity index is 2.39. The van der Waals surface area contributed by atoms with Crippen LogP contribution >= 0.6 is 11.3 Å². The molecule has 7 heteroatoms. The number of thiophene rings is 1. The van der Waals surface area contributed by atoms with Crippen molar-refractivity contribution >= 4 is 23.2 Å². The standard InChI is InChI=1S/C27H39NO5S/c1-9-27(10-2,22-14-18(4)24(34-22)25(32)28(8)15-23(30)31)19-11-12-20(17(3)13-19)33-16-21(29)26(5,6)7/h11-14,21,29H,9-10,15-16H2,1-8H3,(H,30,31). The van der Waals surface area contributed by atoms with E-state index in [-0.39, 0.29) is 29.9 Å². The molecule has 0 saturated carbocycles. The minimum atomic E-state index is -1.03. The molecule has 0 fully saturated rings. The lowest BCUT2D eigenvalue weighted by molar-refractivity contribution is -0.137. The summed E-state index contributed by atoms with van der Waals surface area (Å²) in [7, 11) is 1.51. The first-order chi connectivity index (χ1) is 15.8. The van der Waals surface area contributed by atoms with Gasteiger partial charge in [0.25, 0.3) is 5.91 Å². The zero-order chi connectivity index (χ0) is 25.8. The van der Waals surface area contributed by atoms with E-state index >= 15 is 0 Å². The van der Waals surface area contributed by atoms with Crippen molar-refractivity contribution in [3.8, 4) is 5.75 Å². The van der Waals surface area contributed by atoms with E-state index in [2.05, 4.69) is 32.0 Å². The lowest BCUT2D eigenvalue weighted by atomic mass is 9.74. The number of benzene rings is 1. The number of nitrogens with zero attached hydrogens (tertiary/aromatic N) is 1. The van der Waals surface area contributed by atoms with Gasteiger partial charge in [0.1, 0.15) is 18.9 Å². The van der Waals surface area contributed by atoms with E-state index in [1.807, 2.05) is 40.7 Å². The molecule has 0 spiro atoms. The molecule has 1 unspecified atom stereocenters. The van der Waals surface area contributed by atoms with Crippen LogP contribution < -0.4 is 4.74 Å². The zero-order valence-corrected chi connectivity index (χ0v) is 22.5. The zero-order valence-electron chi connectivity index (χ0n) is 21.7. The van der Waals surface area contributed by atoms with E-state index in [4.69, 9.17) is 9.84 Å². The molecule has 1 aromatic heterocycles. The lowest BCUT2D eigenvalue weighted by Crippen LogP contribution is -2.32. The van der Waals surface area contributed by atoms with Gasteiger partial charge in [-0.05, 0) is 60.9 Å². The Morgan fingerprint density at radius 1 is 1.09 bits per heavy atom. The Morgan fingerprint density at radius 3 is 2.21 bits per heavy atom. The second kappa shape index (κ2) is 10.9. The van der Waals surface area contributed by atoms with Crippen molar-refractivity contribution in [2.45, 2.75) is 72.8 Å². The average molecular weight is 490 g/mol. The lowest BCUT2D eigenvalue weighted by Gasteiger charge is -2.32. The molecule has 6 nitrogen and oxygen atoms in total. The number of carbonyl (C=O) groups excluding carboxylic acids is 1. The number of likely N-dealkylation sites (N-methyl/N-ethyl adjacent to an activating group) is 1. The second-order valence-corrected chi connectivity index (χ2v) is 11.2. The number of hydrogen-bond donors (Lipinski definition) is 2. The molecule has 0 saturated heterocycles. The summed E-state index contributed by atoms with van der Waals surface area (Å²) in [5.74, 6) is -0.550. The highest BCUT2D eigenvalue weighted by molar-refractivity contribution is 7.14. The topological polar surface area (TPSA) is 87.1 Å². The van der Waals surface area contributed by atoms with Crippen molar-refractivity contribution in [1.29, 1.82) is 0 Å². The molecular weight excluding hydrogens is 450 g/mol. The molecule has 1 aromatic carbocycles. The van der Waals surface area contributed by atoms with Crippen molar-refractivity contribution in [3.05, 3.63) is 50.7 Å². The minimum absolute atomic E-state index is 0.232. The maximum Gasteiger partial charge on any atom is 0.323 e. The monoisotopic (exact) mass is 489 g/mol. The molecular formula is C27H39NO5S. The number of aliphatic hydroxyl groups excluding tert-OH is 1. The van der Waals surface area contributed by atoms with E-state index < -0.39 is 12.1 Å². The smallest absolute Gasteiger partial charge is 0.323 e. The minimum Gasteiger partial charge on any atom is -0.491 e. The van der Waals surface area contributed by atoms with Crippen LogP contribution in [0.4, 0.5) is 0 Å². The van der Waals surface area contributed by atoms with Crippen LogP contribution in [0.2, 0.25) is 0 Å². The number of ether oxygens (including phenoxy) is 1. The Hall–Kier alpha value is -2.38. The molecule has 0 bridgehead atoms. The first-order valence-electron chi connectivity index (χ1n) is 11.8. The Morgan fingerprint density at radius 2 is 1.71 bits per heavy atom. The SMILES string of the molecule is CCC(CC)(c1ccc(OCC(O)C(C)(C)C)c(C)c1)c1cc(C)c(C(=O)N(C)CC(=O)O)s1. The number of carboxylic acid groups (broad SMARTS) is 1. The van der Waals surface area contributed by atoms with Gasteiger partial charge in [-0.1, -0.05) is 46.8 Å². The van der Waals surface area contributed by atoms with E-state index in [0.29, 0.717) is 4.88 Å². The summed E-state index contributed by atoms with van der Waals surface area (Å²) in [6, 6.07) is 8.25. The molecule has 1 amide bonds. The molecule has 2 N–H and O–H groups in total. The number of amides is 1. The fourth-order valence-corrected chi connectivity index (χ4v) is 5.58. The number of rotatable bonds is 10. The Bertz CT molecular complexity index is 1020. The molecule has 34 heavy (non-hydrogen) atoms. The maximum atomic E-state index is 12.9. The van der Waals surface area contributed by atoms with Gasteiger partial charge in [0.05, 0.1) is 11.0 Å². The number of aliphatic carboxylic acids is 1. The van der Waals surface area contributed by atoms with Gasteiger partial charge in [-0.15, -0.1) is 11.3 Å².